The van der Waals surface area contributed by atoms with Gasteiger partial charge < -0.3 is 5.32 Å². The molecule has 1 aliphatic heterocycles. The van der Waals surface area contributed by atoms with Gasteiger partial charge in [0.2, 0.25) is 10.0 Å². The van der Waals surface area contributed by atoms with Gasteiger partial charge >= 0.3 is 0 Å². The molecule has 0 aliphatic carbocycles. The summed E-state index contributed by atoms with van der Waals surface area (Å²) in [4.78, 5) is 0.344. The van der Waals surface area contributed by atoms with Crippen molar-refractivity contribution >= 4 is 33.5 Å². The highest BCUT2D eigenvalue weighted by Gasteiger charge is 2.19. The Morgan fingerprint density at radius 3 is 2.62 bits per heavy atom. The number of hydrogen-bond donors (Lipinski definition) is 2. The predicted octanol–water partition coefficient (Wildman–Crippen LogP) is 1.92. The van der Waals surface area contributed by atoms with Crippen LogP contribution in [-0.4, -0.2) is 44.0 Å². The third-order valence-electron chi connectivity index (χ3n) is 3.20. The van der Waals surface area contributed by atoms with Crippen molar-refractivity contribution in [3.63, 3.8) is 0 Å². The van der Waals surface area contributed by atoms with E-state index in [4.69, 9.17) is 0 Å². The van der Waals surface area contributed by atoms with Crippen LogP contribution < -0.4 is 10.0 Å². The van der Waals surface area contributed by atoms with E-state index < -0.39 is 10.0 Å². The minimum atomic E-state index is -3.39. The molecule has 1 aliphatic rings. The highest BCUT2D eigenvalue weighted by Crippen LogP contribution is 2.23. The second kappa shape index (κ2) is 8.43. The summed E-state index contributed by atoms with van der Waals surface area (Å²) in [7, 11) is -3.39. The third kappa shape index (κ3) is 5.49. The molecule has 0 amide bonds. The smallest absolute Gasteiger partial charge is 0.240 e. The van der Waals surface area contributed by atoms with Crippen molar-refractivity contribution < 1.29 is 8.42 Å². The fourth-order valence-electron chi connectivity index (χ4n) is 2.00. The number of hydrogen-bond acceptors (Lipinski definition) is 5. The van der Waals surface area contributed by atoms with Crippen molar-refractivity contribution in [1.29, 1.82) is 0 Å². The van der Waals surface area contributed by atoms with E-state index >= 15 is 0 Å². The summed E-state index contributed by atoms with van der Waals surface area (Å²) in [6, 6.07) is 7.08. The van der Waals surface area contributed by atoms with Gasteiger partial charge in [-0.05, 0) is 24.2 Å². The van der Waals surface area contributed by atoms with Crippen LogP contribution >= 0.6 is 23.5 Å². The Kier molecular flexibility index (Phi) is 6.88. The Bertz CT molecular complexity index is 526. The lowest BCUT2D eigenvalue weighted by molar-refractivity contribution is 0.581. The van der Waals surface area contributed by atoms with Crippen LogP contribution in [0.15, 0.2) is 29.2 Å². The highest BCUT2D eigenvalue weighted by molar-refractivity contribution is 8.06. The van der Waals surface area contributed by atoms with Crippen LogP contribution in [0.1, 0.15) is 12.5 Å². The van der Waals surface area contributed by atoms with E-state index in [2.05, 4.69) is 10.0 Å². The van der Waals surface area contributed by atoms with Crippen molar-refractivity contribution in [3.8, 4) is 0 Å². The first-order chi connectivity index (χ1) is 10.1. The van der Waals surface area contributed by atoms with Crippen LogP contribution in [-0.2, 0) is 16.6 Å². The van der Waals surface area contributed by atoms with E-state index in [9.17, 15) is 8.42 Å². The largest absolute Gasteiger partial charge is 0.313 e. The van der Waals surface area contributed by atoms with Crippen LogP contribution in [0.25, 0.3) is 0 Å². The number of benzene rings is 1. The first-order valence-electron chi connectivity index (χ1n) is 7.10. The molecule has 0 saturated carbocycles. The highest BCUT2D eigenvalue weighted by atomic mass is 32.2. The SMILES string of the molecule is CCNCc1ccc(S(=O)(=O)NCC2CSCCS2)cc1. The fourth-order valence-corrected chi connectivity index (χ4v) is 5.80. The molecule has 1 atom stereocenters. The van der Waals surface area contributed by atoms with Gasteiger partial charge in [0.15, 0.2) is 0 Å². The zero-order chi connectivity index (χ0) is 15.1. The molecule has 2 rings (SSSR count). The van der Waals surface area contributed by atoms with Crippen molar-refractivity contribution in [3.05, 3.63) is 29.8 Å². The Balaban J connectivity index is 1.91. The van der Waals surface area contributed by atoms with E-state index in [1.54, 1.807) is 12.1 Å². The van der Waals surface area contributed by atoms with Crippen molar-refractivity contribution in [2.75, 3.05) is 30.3 Å². The van der Waals surface area contributed by atoms with Crippen LogP contribution in [0.5, 0.6) is 0 Å². The van der Waals surface area contributed by atoms with Crippen molar-refractivity contribution in [2.24, 2.45) is 0 Å². The van der Waals surface area contributed by atoms with Gasteiger partial charge in [-0.3, -0.25) is 0 Å². The monoisotopic (exact) mass is 346 g/mol. The molecule has 2 N–H and O–H groups in total. The van der Waals surface area contributed by atoms with Gasteiger partial charge in [-0.2, -0.15) is 23.5 Å². The van der Waals surface area contributed by atoms with Crippen LogP contribution in [0.3, 0.4) is 0 Å². The van der Waals surface area contributed by atoms with Crippen LogP contribution in [0.4, 0.5) is 0 Å². The lowest BCUT2D eigenvalue weighted by Gasteiger charge is -2.21. The molecule has 0 spiro atoms. The second-order valence-corrected chi connectivity index (χ2v) is 9.17. The molecule has 1 heterocycles. The number of rotatable bonds is 7. The topological polar surface area (TPSA) is 58.2 Å². The molecule has 1 saturated heterocycles. The van der Waals surface area contributed by atoms with Gasteiger partial charge in [-0.15, -0.1) is 0 Å². The van der Waals surface area contributed by atoms with E-state index in [0.29, 0.717) is 16.7 Å². The maximum absolute atomic E-state index is 12.3. The first kappa shape index (κ1) is 17.1. The molecule has 1 aromatic rings. The van der Waals surface area contributed by atoms with E-state index in [0.717, 1.165) is 30.2 Å². The summed E-state index contributed by atoms with van der Waals surface area (Å²) in [6.07, 6.45) is 0. The maximum atomic E-state index is 12.3. The van der Waals surface area contributed by atoms with Gasteiger partial charge in [0, 0.05) is 35.6 Å². The number of nitrogens with one attached hydrogen (secondary N) is 2. The average Bonchev–Trinajstić information content (AvgIpc) is 2.52. The first-order valence-corrected chi connectivity index (χ1v) is 10.8. The van der Waals surface area contributed by atoms with Gasteiger partial charge in [0.05, 0.1) is 4.90 Å². The summed E-state index contributed by atoms with van der Waals surface area (Å²) in [5.74, 6) is 3.30. The summed E-state index contributed by atoms with van der Waals surface area (Å²) in [5.41, 5.74) is 1.09. The van der Waals surface area contributed by atoms with E-state index in [-0.39, 0.29) is 0 Å². The maximum Gasteiger partial charge on any atom is 0.240 e. The van der Waals surface area contributed by atoms with Crippen LogP contribution in [0, 0.1) is 0 Å². The molecular weight excluding hydrogens is 324 g/mol. The Morgan fingerprint density at radius 1 is 1.24 bits per heavy atom. The van der Waals surface area contributed by atoms with Gasteiger partial charge in [-0.25, -0.2) is 13.1 Å². The normalized spacial score (nSPS) is 19.6. The molecule has 0 bridgehead atoms. The zero-order valence-corrected chi connectivity index (χ0v) is 14.6. The van der Waals surface area contributed by atoms with Gasteiger partial charge in [0.25, 0.3) is 0 Å². The summed E-state index contributed by atoms with van der Waals surface area (Å²) in [6.45, 7) is 4.22. The predicted molar refractivity (Wildman–Crippen MR) is 92.6 cm³/mol. The van der Waals surface area contributed by atoms with E-state index in [1.807, 2.05) is 42.6 Å². The number of sulfonamides is 1. The molecule has 1 fully saturated rings. The minimum absolute atomic E-state index is 0.344. The van der Waals surface area contributed by atoms with Gasteiger partial charge in [0.1, 0.15) is 0 Å². The minimum Gasteiger partial charge on any atom is -0.313 e. The molecule has 4 nitrogen and oxygen atoms in total. The Morgan fingerprint density at radius 2 is 2.00 bits per heavy atom. The lowest BCUT2D eigenvalue weighted by atomic mass is 10.2. The molecule has 0 radical (unpaired) electrons. The standard InChI is InChI=1S/C14H22N2O2S3/c1-2-15-9-12-3-5-14(6-4-12)21(17,18)16-10-13-11-19-7-8-20-13/h3-6,13,15-16H,2,7-11H2,1H3. The number of thioether (sulfide) groups is 2. The second-order valence-electron chi connectivity index (χ2n) is 4.84. The van der Waals surface area contributed by atoms with Crippen LogP contribution in [0.2, 0.25) is 0 Å². The third-order valence-corrected chi connectivity index (χ3v) is 7.48. The molecule has 21 heavy (non-hydrogen) atoms. The lowest BCUT2D eigenvalue weighted by Crippen LogP contribution is -2.33. The molecule has 0 aromatic heterocycles. The fraction of sp³-hybridized carbons (Fsp3) is 0.571. The van der Waals surface area contributed by atoms with Crippen molar-refractivity contribution in [2.45, 2.75) is 23.6 Å². The zero-order valence-electron chi connectivity index (χ0n) is 12.2. The molecule has 7 heteroatoms. The molecule has 1 aromatic carbocycles. The summed E-state index contributed by atoms with van der Waals surface area (Å²) >= 11 is 3.75. The molecule has 118 valence electrons. The molecule has 1 unspecified atom stereocenters. The quantitative estimate of drug-likeness (QED) is 0.790. The average molecular weight is 347 g/mol. The van der Waals surface area contributed by atoms with E-state index in [1.165, 1.54) is 5.75 Å². The Labute approximate surface area is 135 Å². The Hall–Kier alpha value is -0.210. The summed E-state index contributed by atoms with van der Waals surface area (Å²) < 4.78 is 27.2. The summed E-state index contributed by atoms with van der Waals surface area (Å²) in [5, 5.41) is 3.60. The molecular formula is C14H22N2O2S3. The van der Waals surface area contributed by atoms with Gasteiger partial charge in [-0.1, -0.05) is 19.1 Å². The van der Waals surface area contributed by atoms with Crippen molar-refractivity contribution in [1.82, 2.24) is 10.0 Å².